The first-order chi connectivity index (χ1) is 7.16. The van der Waals surface area contributed by atoms with E-state index in [0.717, 1.165) is 11.3 Å². The molecule has 0 aliphatic carbocycles. The van der Waals surface area contributed by atoms with Gasteiger partial charge in [0.25, 0.3) is 0 Å². The van der Waals surface area contributed by atoms with E-state index in [1.54, 1.807) is 10.7 Å². The topological polar surface area (TPSA) is 27.1 Å². The van der Waals surface area contributed by atoms with Gasteiger partial charge in [0.05, 0.1) is 6.20 Å². The van der Waals surface area contributed by atoms with E-state index in [-0.39, 0.29) is 0 Å². The normalized spacial score (nSPS) is 10.3. The maximum atomic E-state index is 5.65. The summed E-state index contributed by atoms with van der Waals surface area (Å²) < 4.78 is 7.25. The van der Waals surface area contributed by atoms with Crippen molar-refractivity contribution >= 4 is 0 Å². The Bertz CT molecular complexity index is 474. The maximum absolute atomic E-state index is 5.65. The molecule has 77 valence electrons. The zero-order valence-corrected chi connectivity index (χ0v) is 9.11. The van der Waals surface area contributed by atoms with Crippen LogP contribution in [-0.2, 0) is 7.05 Å². The lowest BCUT2D eigenvalue weighted by Gasteiger charge is -2.07. The van der Waals surface area contributed by atoms with Crippen LogP contribution in [0, 0.1) is 20.0 Å². The second-order valence-corrected chi connectivity index (χ2v) is 3.54. The molecule has 0 atom stereocenters. The van der Waals surface area contributed by atoms with Crippen molar-refractivity contribution in [1.82, 2.24) is 9.78 Å². The third kappa shape index (κ3) is 2.01. The molecular weight excluding hydrogens is 188 g/mol. The summed E-state index contributed by atoms with van der Waals surface area (Å²) in [7, 11) is 1.82. The van der Waals surface area contributed by atoms with E-state index in [9.17, 15) is 0 Å². The summed E-state index contributed by atoms with van der Waals surface area (Å²) in [4.78, 5) is 0. The third-order valence-electron chi connectivity index (χ3n) is 2.39. The number of aromatic nitrogens is 2. The average molecular weight is 201 g/mol. The second-order valence-electron chi connectivity index (χ2n) is 3.54. The lowest BCUT2D eigenvalue weighted by Crippen LogP contribution is -1.92. The molecule has 3 heteroatoms. The van der Waals surface area contributed by atoms with E-state index in [1.807, 2.05) is 26.1 Å². The summed E-state index contributed by atoms with van der Waals surface area (Å²) in [6.45, 7) is 4.10. The molecule has 1 radical (unpaired) electrons. The fraction of sp³-hybridized carbons (Fsp3) is 0.250. The molecule has 2 rings (SSSR count). The van der Waals surface area contributed by atoms with Crippen LogP contribution in [0.4, 0.5) is 0 Å². The number of ether oxygens (including phenoxy) is 1. The summed E-state index contributed by atoms with van der Waals surface area (Å²) in [5, 5.41) is 4.12. The predicted molar refractivity (Wildman–Crippen MR) is 58.0 cm³/mol. The minimum absolute atomic E-state index is 0.575. The van der Waals surface area contributed by atoms with Gasteiger partial charge < -0.3 is 4.74 Å². The summed E-state index contributed by atoms with van der Waals surface area (Å²) in [6, 6.07) is 7.70. The SMILES string of the molecule is Cc1cccc(Oc2c[c]n(C)n2)c1C. The Labute approximate surface area is 89.3 Å². The molecule has 0 bridgehead atoms. The highest BCUT2D eigenvalue weighted by molar-refractivity contribution is 5.39. The van der Waals surface area contributed by atoms with Gasteiger partial charge in [-0.15, -0.1) is 5.10 Å². The Kier molecular flexibility index (Phi) is 2.46. The van der Waals surface area contributed by atoms with Gasteiger partial charge in [-0.3, -0.25) is 4.68 Å². The molecule has 0 saturated heterocycles. The number of hydrogen-bond donors (Lipinski definition) is 0. The average Bonchev–Trinajstić information content (AvgIpc) is 2.59. The summed E-state index contributed by atoms with van der Waals surface area (Å²) in [5.74, 6) is 1.42. The number of benzene rings is 1. The van der Waals surface area contributed by atoms with Crippen molar-refractivity contribution in [3.63, 3.8) is 0 Å². The zero-order valence-electron chi connectivity index (χ0n) is 9.11. The molecule has 0 aliphatic heterocycles. The van der Waals surface area contributed by atoms with Crippen molar-refractivity contribution in [2.75, 3.05) is 0 Å². The van der Waals surface area contributed by atoms with Crippen LogP contribution in [0.2, 0.25) is 0 Å². The molecule has 1 aromatic carbocycles. The van der Waals surface area contributed by atoms with Crippen molar-refractivity contribution < 1.29 is 4.74 Å². The first-order valence-corrected chi connectivity index (χ1v) is 4.82. The molecule has 0 fully saturated rings. The van der Waals surface area contributed by atoms with Crippen molar-refractivity contribution in [2.45, 2.75) is 13.8 Å². The van der Waals surface area contributed by atoms with Crippen LogP contribution in [0.5, 0.6) is 11.6 Å². The Morgan fingerprint density at radius 3 is 2.80 bits per heavy atom. The van der Waals surface area contributed by atoms with Gasteiger partial charge >= 0.3 is 0 Å². The minimum atomic E-state index is 0.575. The van der Waals surface area contributed by atoms with Gasteiger partial charge in [0.15, 0.2) is 0 Å². The summed E-state index contributed by atoms with van der Waals surface area (Å²) >= 11 is 0. The molecule has 0 amide bonds. The molecule has 1 heterocycles. The number of hydrogen-bond acceptors (Lipinski definition) is 2. The first kappa shape index (κ1) is 9.77. The molecule has 0 saturated carbocycles. The molecular formula is C12H13N2O. The lowest BCUT2D eigenvalue weighted by atomic mass is 10.1. The fourth-order valence-electron chi connectivity index (χ4n) is 1.35. The van der Waals surface area contributed by atoms with Gasteiger partial charge in [-0.1, -0.05) is 12.1 Å². The van der Waals surface area contributed by atoms with Crippen molar-refractivity contribution in [3.8, 4) is 11.6 Å². The fourth-order valence-corrected chi connectivity index (χ4v) is 1.35. The predicted octanol–water partition coefficient (Wildman–Crippen LogP) is 2.63. The van der Waals surface area contributed by atoms with Gasteiger partial charge in [-0.25, -0.2) is 0 Å². The van der Waals surface area contributed by atoms with Crippen LogP contribution in [-0.4, -0.2) is 9.78 Å². The van der Waals surface area contributed by atoms with E-state index in [1.165, 1.54) is 5.56 Å². The second kappa shape index (κ2) is 3.77. The summed E-state index contributed by atoms with van der Waals surface area (Å²) in [6.07, 6.45) is 2.90. The molecule has 0 aliphatic rings. The monoisotopic (exact) mass is 201 g/mol. The van der Waals surface area contributed by atoms with E-state index >= 15 is 0 Å². The largest absolute Gasteiger partial charge is 0.437 e. The minimum Gasteiger partial charge on any atom is -0.437 e. The summed E-state index contributed by atoms with van der Waals surface area (Å²) in [5.41, 5.74) is 2.36. The van der Waals surface area contributed by atoms with Crippen LogP contribution in [0.15, 0.2) is 24.3 Å². The quantitative estimate of drug-likeness (QED) is 0.746. The van der Waals surface area contributed by atoms with Crippen molar-refractivity contribution in [2.24, 2.45) is 7.05 Å². The molecule has 2 aromatic rings. The van der Waals surface area contributed by atoms with Gasteiger partial charge in [0, 0.05) is 13.1 Å². The van der Waals surface area contributed by atoms with Crippen LogP contribution in [0.3, 0.4) is 0 Å². The van der Waals surface area contributed by atoms with E-state index < -0.39 is 0 Å². The highest BCUT2D eigenvalue weighted by Crippen LogP contribution is 2.25. The number of nitrogens with zero attached hydrogens (tertiary/aromatic N) is 2. The number of rotatable bonds is 2. The molecule has 1 aromatic heterocycles. The van der Waals surface area contributed by atoms with Crippen LogP contribution < -0.4 is 4.74 Å². The molecule has 3 nitrogen and oxygen atoms in total. The Balaban J connectivity index is 2.28. The van der Waals surface area contributed by atoms with E-state index in [0.29, 0.717) is 5.88 Å². The van der Waals surface area contributed by atoms with Crippen LogP contribution in [0.1, 0.15) is 11.1 Å². The lowest BCUT2D eigenvalue weighted by molar-refractivity contribution is 0.450. The number of aryl methyl sites for hydroxylation is 2. The molecule has 0 N–H and O–H groups in total. The van der Waals surface area contributed by atoms with Crippen LogP contribution in [0.25, 0.3) is 0 Å². The van der Waals surface area contributed by atoms with Crippen LogP contribution >= 0.6 is 0 Å². The maximum Gasteiger partial charge on any atom is 0.238 e. The molecule has 15 heavy (non-hydrogen) atoms. The smallest absolute Gasteiger partial charge is 0.238 e. The van der Waals surface area contributed by atoms with Gasteiger partial charge in [0.2, 0.25) is 5.88 Å². The highest BCUT2D eigenvalue weighted by Gasteiger charge is 2.04. The van der Waals surface area contributed by atoms with Crippen molar-refractivity contribution in [3.05, 3.63) is 41.6 Å². The molecule has 0 unspecified atom stereocenters. The Morgan fingerprint density at radius 1 is 1.33 bits per heavy atom. The van der Waals surface area contributed by atoms with Gasteiger partial charge in [-0.2, -0.15) is 0 Å². The van der Waals surface area contributed by atoms with Gasteiger partial charge in [0.1, 0.15) is 5.75 Å². The standard InChI is InChI=1S/C12H13N2O/c1-9-5-4-6-11(10(9)2)15-12-7-8-14(3)13-12/h4-7H,1-3H3. The highest BCUT2D eigenvalue weighted by atomic mass is 16.5. The Hall–Kier alpha value is -1.77. The van der Waals surface area contributed by atoms with E-state index in [4.69, 9.17) is 4.74 Å². The third-order valence-corrected chi connectivity index (χ3v) is 2.39. The van der Waals surface area contributed by atoms with E-state index in [2.05, 4.69) is 24.3 Å². The van der Waals surface area contributed by atoms with Gasteiger partial charge in [-0.05, 0) is 31.0 Å². The van der Waals surface area contributed by atoms with Crippen molar-refractivity contribution in [1.29, 1.82) is 0 Å². The molecule has 0 spiro atoms. The Morgan fingerprint density at radius 2 is 2.13 bits per heavy atom. The first-order valence-electron chi connectivity index (χ1n) is 4.82. The zero-order chi connectivity index (χ0) is 10.8.